The number of rotatable bonds is 3. The Labute approximate surface area is 123 Å². The second-order valence-corrected chi connectivity index (χ2v) is 4.94. The molecule has 104 valence electrons. The van der Waals surface area contributed by atoms with Crippen molar-refractivity contribution in [3.63, 3.8) is 0 Å². The molecule has 0 bridgehead atoms. The Hall–Kier alpha value is -2.81. The zero-order chi connectivity index (χ0) is 14.8. The molecule has 0 atom stereocenters. The summed E-state index contributed by atoms with van der Waals surface area (Å²) in [6.07, 6.45) is 0. The maximum Gasteiger partial charge on any atom is 0.135 e. The fourth-order valence-corrected chi connectivity index (χ4v) is 2.38. The lowest BCUT2D eigenvalue weighted by Crippen LogP contribution is -2.11. The summed E-state index contributed by atoms with van der Waals surface area (Å²) in [6, 6.07) is 19.4. The number of fused-ring (bicyclic) bond motifs is 1. The zero-order valence-electron chi connectivity index (χ0n) is 11.8. The Kier molecular flexibility index (Phi) is 3.32. The van der Waals surface area contributed by atoms with Crippen molar-refractivity contribution in [3.8, 4) is 11.5 Å². The van der Waals surface area contributed by atoms with Crippen molar-refractivity contribution in [3.05, 3.63) is 71.8 Å². The molecule has 0 saturated heterocycles. The third-order valence-corrected chi connectivity index (χ3v) is 3.49. The van der Waals surface area contributed by atoms with Gasteiger partial charge in [-0.1, -0.05) is 42.5 Å². The van der Waals surface area contributed by atoms with Crippen LogP contribution >= 0.6 is 0 Å². The van der Waals surface area contributed by atoms with Crippen molar-refractivity contribution in [2.24, 2.45) is 5.73 Å². The minimum absolute atomic E-state index is 0.0636. The summed E-state index contributed by atoms with van der Waals surface area (Å²) in [6.45, 7) is 2.02. The van der Waals surface area contributed by atoms with Gasteiger partial charge in [0, 0.05) is 10.9 Å². The van der Waals surface area contributed by atoms with E-state index >= 15 is 0 Å². The summed E-state index contributed by atoms with van der Waals surface area (Å²) in [5.41, 5.74) is 7.45. The Morgan fingerprint density at radius 3 is 2.24 bits per heavy atom. The number of hydrogen-bond donors (Lipinski definition) is 2. The molecule has 3 aromatic rings. The molecule has 0 aliphatic heterocycles. The molecule has 0 aliphatic carbocycles. The van der Waals surface area contributed by atoms with Crippen molar-refractivity contribution in [1.29, 1.82) is 5.41 Å². The van der Waals surface area contributed by atoms with Gasteiger partial charge in [0.05, 0.1) is 0 Å². The van der Waals surface area contributed by atoms with Crippen LogP contribution < -0.4 is 10.5 Å². The Balaban J connectivity index is 2.14. The smallest absolute Gasteiger partial charge is 0.135 e. The molecule has 0 aromatic heterocycles. The fourth-order valence-electron chi connectivity index (χ4n) is 2.38. The van der Waals surface area contributed by atoms with Crippen LogP contribution in [0.5, 0.6) is 11.5 Å². The molecule has 0 saturated carbocycles. The van der Waals surface area contributed by atoms with E-state index in [0.29, 0.717) is 0 Å². The highest BCUT2D eigenvalue weighted by Crippen LogP contribution is 2.33. The highest BCUT2D eigenvalue weighted by atomic mass is 16.5. The van der Waals surface area contributed by atoms with Crippen molar-refractivity contribution >= 4 is 16.6 Å². The highest BCUT2D eigenvalue weighted by molar-refractivity contribution is 6.09. The number of amidine groups is 1. The first-order valence-corrected chi connectivity index (χ1v) is 6.76. The highest BCUT2D eigenvalue weighted by Gasteiger charge is 2.09. The summed E-state index contributed by atoms with van der Waals surface area (Å²) < 4.78 is 6.05. The Morgan fingerprint density at radius 2 is 1.52 bits per heavy atom. The molecule has 3 aromatic carbocycles. The maximum atomic E-state index is 7.68. The Bertz CT molecular complexity index is 824. The predicted molar refractivity (Wildman–Crippen MR) is 86.2 cm³/mol. The Morgan fingerprint density at radius 1 is 0.857 bits per heavy atom. The van der Waals surface area contributed by atoms with Crippen LogP contribution in [0.4, 0.5) is 0 Å². The lowest BCUT2D eigenvalue weighted by Gasteiger charge is -2.13. The van der Waals surface area contributed by atoms with Crippen molar-refractivity contribution in [2.75, 3.05) is 0 Å². The van der Waals surface area contributed by atoms with Gasteiger partial charge in [0.1, 0.15) is 17.3 Å². The molecule has 0 heterocycles. The third kappa shape index (κ3) is 2.46. The van der Waals surface area contributed by atoms with Gasteiger partial charge in [0.15, 0.2) is 0 Å². The average Bonchev–Trinajstić information content (AvgIpc) is 2.49. The minimum atomic E-state index is 0.0636. The minimum Gasteiger partial charge on any atom is -0.456 e. The van der Waals surface area contributed by atoms with Crippen LogP contribution in [0.1, 0.15) is 11.1 Å². The van der Waals surface area contributed by atoms with Gasteiger partial charge >= 0.3 is 0 Å². The van der Waals surface area contributed by atoms with E-state index in [1.807, 2.05) is 67.6 Å². The van der Waals surface area contributed by atoms with Gasteiger partial charge in [-0.15, -0.1) is 0 Å². The largest absolute Gasteiger partial charge is 0.456 e. The summed E-state index contributed by atoms with van der Waals surface area (Å²) in [7, 11) is 0. The summed E-state index contributed by atoms with van der Waals surface area (Å²) in [4.78, 5) is 0. The number of nitrogen functional groups attached to an aromatic ring is 1. The number of hydrogen-bond acceptors (Lipinski definition) is 2. The van der Waals surface area contributed by atoms with Gasteiger partial charge in [-0.25, -0.2) is 0 Å². The first-order valence-electron chi connectivity index (χ1n) is 6.76. The molecule has 3 rings (SSSR count). The summed E-state index contributed by atoms with van der Waals surface area (Å²) in [5.74, 6) is 1.66. The third-order valence-electron chi connectivity index (χ3n) is 3.49. The first kappa shape index (κ1) is 13.2. The standard InChI is InChI=1S/C18H16N2O/c1-12-6-2-5-9-16(12)21-17-11-10-15(18(19)20)13-7-3-4-8-14(13)17/h2-11H,1H3,(H3,19,20). The van der Waals surface area contributed by atoms with E-state index in [2.05, 4.69) is 0 Å². The first-order chi connectivity index (χ1) is 10.2. The topological polar surface area (TPSA) is 59.1 Å². The normalized spacial score (nSPS) is 10.5. The van der Waals surface area contributed by atoms with Crippen LogP contribution in [0.3, 0.4) is 0 Å². The molecule has 0 aliphatic rings. The molecule has 3 N–H and O–H groups in total. The average molecular weight is 276 g/mol. The number of nitrogens with one attached hydrogen (secondary N) is 1. The van der Waals surface area contributed by atoms with E-state index in [4.69, 9.17) is 15.9 Å². The van der Waals surface area contributed by atoms with E-state index in [1.165, 1.54) is 0 Å². The fraction of sp³-hybridized carbons (Fsp3) is 0.0556. The van der Waals surface area contributed by atoms with Crippen LogP contribution in [0.2, 0.25) is 0 Å². The van der Waals surface area contributed by atoms with Crippen LogP contribution in [-0.2, 0) is 0 Å². The maximum absolute atomic E-state index is 7.68. The van der Waals surface area contributed by atoms with Gasteiger partial charge in [-0.2, -0.15) is 0 Å². The SMILES string of the molecule is Cc1ccccc1Oc1ccc(C(=N)N)c2ccccc12. The molecule has 0 radical (unpaired) electrons. The van der Waals surface area contributed by atoms with Crippen molar-refractivity contribution in [2.45, 2.75) is 6.92 Å². The lowest BCUT2D eigenvalue weighted by atomic mass is 10.0. The van der Waals surface area contributed by atoms with Gasteiger partial charge < -0.3 is 10.5 Å². The zero-order valence-corrected chi connectivity index (χ0v) is 11.8. The molecule has 0 spiro atoms. The molecule has 0 amide bonds. The van der Waals surface area contributed by atoms with E-state index < -0.39 is 0 Å². The van der Waals surface area contributed by atoms with Crippen LogP contribution in [0.25, 0.3) is 10.8 Å². The van der Waals surface area contributed by atoms with E-state index in [9.17, 15) is 0 Å². The monoisotopic (exact) mass is 276 g/mol. The molecule has 3 nitrogen and oxygen atoms in total. The van der Waals surface area contributed by atoms with Crippen LogP contribution in [0, 0.1) is 12.3 Å². The molecule has 0 fully saturated rings. The number of para-hydroxylation sites is 1. The van der Waals surface area contributed by atoms with Gasteiger partial charge in [0.2, 0.25) is 0 Å². The molecule has 0 unspecified atom stereocenters. The summed E-state index contributed by atoms with van der Waals surface area (Å²) >= 11 is 0. The van der Waals surface area contributed by atoms with E-state index in [-0.39, 0.29) is 5.84 Å². The predicted octanol–water partition coefficient (Wildman–Crippen LogP) is 4.22. The second-order valence-electron chi connectivity index (χ2n) is 4.94. The number of benzene rings is 3. The van der Waals surface area contributed by atoms with Crippen LogP contribution in [-0.4, -0.2) is 5.84 Å². The van der Waals surface area contributed by atoms with E-state index in [0.717, 1.165) is 33.4 Å². The van der Waals surface area contributed by atoms with Crippen molar-refractivity contribution in [1.82, 2.24) is 0 Å². The van der Waals surface area contributed by atoms with Crippen molar-refractivity contribution < 1.29 is 4.74 Å². The van der Waals surface area contributed by atoms with E-state index in [1.54, 1.807) is 0 Å². The molecular formula is C18H16N2O. The molecular weight excluding hydrogens is 260 g/mol. The van der Waals surface area contributed by atoms with Gasteiger partial charge in [-0.3, -0.25) is 5.41 Å². The number of aryl methyl sites for hydroxylation is 1. The number of ether oxygens (including phenoxy) is 1. The number of nitrogens with two attached hydrogens (primary N) is 1. The van der Waals surface area contributed by atoms with Gasteiger partial charge in [-0.05, 0) is 36.1 Å². The summed E-state index contributed by atoms with van der Waals surface area (Å²) in [5, 5.41) is 9.56. The van der Waals surface area contributed by atoms with Gasteiger partial charge in [0.25, 0.3) is 0 Å². The quantitative estimate of drug-likeness (QED) is 0.555. The lowest BCUT2D eigenvalue weighted by molar-refractivity contribution is 0.484. The molecule has 3 heteroatoms. The molecule has 21 heavy (non-hydrogen) atoms. The second kappa shape index (κ2) is 5.29. The van der Waals surface area contributed by atoms with Crippen LogP contribution in [0.15, 0.2) is 60.7 Å².